The van der Waals surface area contributed by atoms with Gasteiger partial charge in [-0.15, -0.1) is 0 Å². The van der Waals surface area contributed by atoms with Gasteiger partial charge in [-0.25, -0.2) is 0 Å². The Balaban J connectivity index is 1.74. The first-order valence-electron chi connectivity index (χ1n) is 9.63. The quantitative estimate of drug-likeness (QED) is 0.695. The number of hydrogen-bond acceptors (Lipinski definition) is 3. The second-order valence-electron chi connectivity index (χ2n) is 7.66. The van der Waals surface area contributed by atoms with E-state index in [1.807, 2.05) is 38.4 Å². The summed E-state index contributed by atoms with van der Waals surface area (Å²) in [4.78, 5) is 14.3. The summed E-state index contributed by atoms with van der Waals surface area (Å²) in [5, 5.41) is 2.99. The molecule has 0 aliphatic carbocycles. The van der Waals surface area contributed by atoms with E-state index in [4.69, 9.17) is 4.74 Å². The van der Waals surface area contributed by atoms with Crippen molar-refractivity contribution in [3.05, 3.63) is 65.2 Å². The average molecular weight is 369 g/mol. The second kappa shape index (κ2) is 10.7. The van der Waals surface area contributed by atoms with Crippen molar-refractivity contribution in [1.29, 1.82) is 0 Å². The van der Waals surface area contributed by atoms with Crippen LogP contribution in [0.3, 0.4) is 0 Å². The van der Waals surface area contributed by atoms with Crippen LogP contribution in [0.5, 0.6) is 5.75 Å². The summed E-state index contributed by atoms with van der Waals surface area (Å²) in [5.74, 6) is 1.54. The summed E-state index contributed by atoms with van der Waals surface area (Å²) in [6.07, 6.45) is 1.48. The summed E-state index contributed by atoms with van der Waals surface area (Å²) in [6.45, 7) is 6.51. The fourth-order valence-corrected chi connectivity index (χ4v) is 2.76. The van der Waals surface area contributed by atoms with Crippen molar-refractivity contribution in [3.8, 4) is 5.75 Å². The molecule has 0 fully saturated rings. The zero-order chi connectivity index (χ0) is 19.6. The van der Waals surface area contributed by atoms with Gasteiger partial charge in [0.1, 0.15) is 12.4 Å². The largest absolute Gasteiger partial charge is 0.492 e. The Morgan fingerprint density at radius 3 is 2.15 bits per heavy atom. The summed E-state index contributed by atoms with van der Waals surface area (Å²) in [6, 6.07) is 16.2. The van der Waals surface area contributed by atoms with Crippen LogP contribution in [0.25, 0.3) is 0 Å². The van der Waals surface area contributed by atoms with Gasteiger partial charge in [-0.2, -0.15) is 0 Å². The lowest BCUT2D eigenvalue weighted by molar-refractivity contribution is -0.120. The number of carbonyl (C=O) groups is 1. The molecule has 0 bridgehead atoms. The minimum atomic E-state index is 0.0397. The Bertz CT molecular complexity index is 691. The molecule has 0 atom stereocenters. The highest BCUT2D eigenvalue weighted by Crippen LogP contribution is 2.13. The zero-order valence-corrected chi connectivity index (χ0v) is 17.0. The van der Waals surface area contributed by atoms with Crippen molar-refractivity contribution < 1.29 is 9.53 Å². The molecule has 146 valence electrons. The van der Waals surface area contributed by atoms with Crippen LogP contribution in [0.15, 0.2) is 48.5 Å². The molecule has 1 amide bonds. The molecule has 0 spiro atoms. The number of likely N-dealkylation sites (N-methyl/N-ethyl adjacent to an activating group) is 1. The van der Waals surface area contributed by atoms with Gasteiger partial charge in [-0.05, 0) is 55.3 Å². The van der Waals surface area contributed by atoms with E-state index in [9.17, 15) is 4.79 Å². The molecule has 2 rings (SSSR count). The SMILES string of the molecule is CC(C)Cc1ccc(CC(=O)NCc2ccc(OCCN(C)C)cc2)cc1. The molecule has 1 N–H and O–H groups in total. The van der Waals surface area contributed by atoms with Crippen LogP contribution >= 0.6 is 0 Å². The van der Waals surface area contributed by atoms with Crippen molar-refractivity contribution in [2.75, 3.05) is 27.2 Å². The van der Waals surface area contributed by atoms with Crippen LogP contribution in [0.1, 0.15) is 30.5 Å². The molecular weight excluding hydrogens is 336 g/mol. The number of carbonyl (C=O) groups excluding carboxylic acids is 1. The third kappa shape index (κ3) is 8.27. The lowest BCUT2D eigenvalue weighted by atomic mass is 10.0. The lowest BCUT2D eigenvalue weighted by Crippen LogP contribution is -2.24. The van der Waals surface area contributed by atoms with Crippen LogP contribution in [-0.4, -0.2) is 38.1 Å². The minimum Gasteiger partial charge on any atom is -0.492 e. The van der Waals surface area contributed by atoms with Gasteiger partial charge < -0.3 is 15.0 Å². The molecule has 0 radical (unpaired) electrons. The molecule has 0 saturated carbocycles. The molecule has 0 heterocycles. The Hall–Kier alpha value is -2.33. The Morgan fingerprint density at radius 2 is 1.56 bits per heavy atom. The van der Waals surface area contributed by atoms with Gasteiger partial charge in [0.25, 0.3) is 0 Å². The molecular formula is C23H32N2O2. The molecule has 4 heteroatoms. The number of rotatable bonds is 10. The topological polar surface area (TPSA) is 41.6 Å². The van der Waals surface area contributed by atoms with Gasteiger partial charge in [-0.1, -0.05) is 50.2 Å². The van der Waals surface area contributed by atoms with E-state index in [1.54, 1.807) is 0 Å². The summed E-state index contributed by atoms with van der Waals surface area (Å²) >= 11 is 0. The molecule has 0 unspecified atom stereocenters. The van der Waals surface area contributed by atoms with Gasteiger partial charge in [0.15, 0.2) is 0 Å². The van der Waals surface area contributed by atoms with Gasteiger partial charge >= 0.3 is 0 Å². The van der Waals surface area contributed by atoms with E-state index >= 15 is 0 Å². The lowest BCUT2D eigenvalue weighted by Gasteiger charge is -2.11. The third-order valence-corrected chi connectivity index (χ3v) is 4.25. The Kier molecular flexibility index (Phi) is 8.34. The van der Waals surface area contributed by atoms with E-state index in [0.717, 1.165) is 29.8 Å². The standard InChI is InChI=1S/C23H32N2O2/c1-18(2)15-19-5-7-20(8-6-19)16-23(26)24-17-21-9-11-22(12-10-21)27-14-13-25(3)4/h5-12,18H,13-17H2,1-4H3,(H,24,26). The summed E-state index contributed by atoms with van der Waals surface area (Å²) in [5.41, 5.74) is 3.43. The highest BCUT2D eigenvalue weighted by Gasteiger charge is 2.05. The van der Waals surface area contributed by atoms with Crippen LogP contribution in [0.4, 0.5) is 0 Å². The van der Waals surface area contributed by atoms with Gasteiger partial charge in [0.2, 0.25) is 5.91 Å². The fourth-order valence-electron chi connectivity index (χ4n) is 2.76. The highest BCUT2D eigenvalue weighted by atomic mass is 16.5. The molecule has 0 aliphatic heterocycles. The van der Waals surface area contributed by atoms with Crippen LogP contribution in [-0.2, 0) is 24.2 Å². The molecule has 0 aliphatic rings. The number of ether oxygens (including phenoxy) is 1. The molecule has 0 saturated heterocycles. The first-order chi connectivity index (χ1) is 12.9. The maximum Gasteiger partial charge on any atom is 0.224 e. The monoisotopic (exact) mass is 368 g/mol. The minimum absolute atomic E-state index is 0.0397. The average Bonchev–Trinajstić information content (AvgIpc) is 2.62. The van der Waals surface area contributed by atoms with Crippen LogP contribution in [0.2, 0.25) is 0 Å². The normalized spacial score (nSPS) is 11.0. The predicted molar refractivity (Wildman–Crippen MR) is 111 cm³/mol. The first-order valence-corrected chi connectivity index (χ1v) is 9.63. The Morgan fingerprint density at radius 1 is 0.963 bits per heavy atom. The predicted octanol–water partition coefficient (Wildman–Crippen LogP) is 3.68. The fraction of sp³-hybridized carbons (Fsp3) is 0.435. The second-order valence-corrected chi connectivity index (χ2v) is 7.66. The van der Waals surface area contributed by atoms with Crippen LogP contribution < -0.4 is 10.1 Å². The van der Waals surface area contributed by atoms with E-state index in [0.29, 0.717) is 25.5 Å². The number of nitrogens with zero attached hydrogens (tertiary/aromatic N) is 1. The van der Waals surface area contributed by atoms with E-state index in [2.05, 4.69) is 48.3 Å². The molecule has 0 aromatic heterocycles. The van der Waals surface area contributed by atoms with Crippen molar-refractivity contribution in [2.24, 2.45) is 5.92 Å². The maximum atomic E-state index is 12.2. The third-order valence-electron chi connectivity index (χ3n) is 4.25. The molecule has 4 nitrogen and oxygen atoms in total. The number of amides is 1. The molecule has 27 heavy (non-hydrogen) atoms. The maximum absolute atomic E-state index is 12.2. The number of nitrogens with one attached hydrogen (secondary N) is 1. The van der Waals surface area contributed by atoms with E-state index in [1.165, 1.54) is 5.56 Å². The zero-order valence-electron chi connectivity index (χ0n) is 17.0. The number of hydrogen-bond donors (Lipinski definition) is 1. The number of benzene rings is 2. The van der Waals surface area contributed by atoms with Gasteiger partial charge in [0, 0.05) is 13.1 Å². The van der Waals surface area contributed by atoms with Crippen molar-refractivity contribution in [1.82, 2.24) is 10.2 Å². The first kappa shape index (κ1) is 21.0. The van der Waals surface area contributed by atoms with Gasteiger partial charge in [0.05, 0.1) is 6.42 Å². The smallest absolute Gasteiger partial charge is 0.224 e. The summed E-state index contributed by atoms with van der Waals surface area (Å²) < 4.78 is 5.68. The molecule has 2 aromatic carbocycles. The van der Waals surface area contributed by atoms with Crippen molar-refractivity contribution >= 4 is 5.91 Å². The highest BCUT2D eigenvalue weighted by molar-refractivity contribution is 5.78. The molecule has 2 aromatic rings. The van der Waals surface area contributed by atoms with E-state index < -0.39 is 0 Å². The van der Waals surface area contributed by atoms with Crippen LogP contribution in [0, 0.1) is 5.92 Å². The Labute approximate surface area is 163 Å². The van der Waals surface area contributed by atoms with Gasteiger partial charge in [-0.3, -0.25) is 4.79 Å². The van der Waals surface area contributed by atoms with Crippen molar-refractivity contribution in [2.45, 2.75) is 33.2 Å². The van der Waals surface area contributed by atoms with E-state index in [-0.39, 0.29) is 5.91 Å². The van der Waals surface area contributed by atoms with Crippen molar-refractivity contribution in [3.63, 3.8) is 0 Å². The summed E-state index contributed by atoms with van der Waals surface area (Å²) in [7, 11) is 4.05.